The Kier molecular flexibility index (Phi) is 8.82. The van der Waals surface area contributed by atoms with Gasteiger partial charge in [0.25, 0.3) is 11.6 Å². The number of thiazole rings is 1. The number of nitrogens with one attached hydrogen (secondary N) is 1. The van der Waals surface area contributed by atoms with Crippen molar-refractivity contribution in [3.05, 3.63) is 80.3 Å². The standard InChI is InChI=1S/C24H18Cl2N4O5S2/c1-2-34-16-5-6-18-22(11-16)37-24(28-18)36-21-8-3-14(9-19(21)30(32)33)12-27-29-23(31)13-35-20-7-4-15(25)10-17(20)26/h3-12H,2,13H2,1H3,(H,29,31)/b27-12-. The van der Waals surface area contributed by atoms with Crippen LogP contribution in [0.4, 0.5) is 5.69 Å². The van der Waals surface area contributed by atoms with Gasteiger partial charge in [-0.1, -0.05) is 41.0 Å². The van der Waals surface area contributed by atoms with Crippen LogP contribution in [0.2, 0.25) is 10.0 Å². The normalized spacial score (nSPS) is 11.1. The van der Waals surface area contributed by atoms with Crippen molar-refractivity contribution in [3.8, 4) is 11.5 Å². The monoisotopic (exact) mass is 576 g/mol. The van der Waals surface area contributed by atoms with E-state index in [0.29, 0.717) is 32.2 Å². The second kappa shape index (κ2) is 12.2. The Balaban J connectivity index is 1.40. The summed E-state index contributed by atoms with van der Waals surface area (Å²) >= 11 is 14.5. The lowest BCUT2D eigenvalue weighted by molar-refractivity contribution is -0.387. The van der Waals surface area contributed by atoms with Crippen LogP contribution in [0.3, 0.4) is 0 Å². The molecular weight excluding hydrogens is 559 g/mol. The van der Waals surface area contributed by atoms with Crippen LogP contribution in [0.1, 0.15) is 12.5 Å². The molecule has 190 valence electrons. The molecule has 0 bridgehead atoms. The van der Waals surface area contributed by atoms with Crippen LogP contribution < -0.4 is 14.9 Å². The number of benzene rings is 3. The van der Waals surface area contributed by atoms with E-state index in [1.807, 2.05) is 25.1 Å². The van der Waals surface area contributed by atoms with Crippen LogP contribution in [0, 0.1) is 10.1 Å². The summed E-state index contributed by atoms with van der Waals surface area (Å²) in [6.45, 7) is 2.14. The lowest BCUT2D eigenvalue weighted by Crippen LogP contribution is -2.24. The summed E-state index contributed by atoms with van der Waals surface area (Å²) in [5.41, 5.74) is 3.43. The molecule has 1 amide bonds. The van der Waals surface area contributed by atoms with E-state index in [1.165, 1.54) is 41.4 Å². The van der Waals surface area contributed by atoms with Gasteiger partial charge < -0.3 is 9.47 Å². The van der Waals surface area contributed by atoms with E-state index in [4.69, 9.17) is 32.7 Å². The smallest absolute Gasteiger partial charge is 0.283 e. The summed E-state index contributed by atoms with van der Waals surface area (Å²) in [6.07, 6.45) is 1.31. The first-order valence-electron chi connectivity index (χ1n) is 10.7. The van der Waals surface area contributed by atoms with Gasteiger partial charge in [0.2, 0.25) is 0 Å². The third-order valence-electron chi connectivity index (χ3n) is 4.68. The van der Waals surface area contributed by atoms with Crippen LogP contribution in [0.5, 0.6) is 11.5 Å². The number of hydrazone groups is 1. The molecule has 0 aliphatic heterocycles. The van der Waals surface area contributed by atoms with Gasteiger partial charge in [-0.2, -0.15) is 5.10 Å². The maximum absolute atomic E-state index is 12.0. The molecule has 0 spiro atoms. The van der Waals surface area contributed by atoms with Crippen LogP contribution in [-0.4, -0.2) is 35.2 Å². The molecule has 1 N–H and O–H groups in total. The number of nitro benzene ring substituents is 1. The van der Waals surface area contributed by atoms with Gasteiger partial charge >= 0.3 is 0 Å². The van der Waals surface area contributed by atoms with Gasteiger partial charge in [-0.15, -0.1) is 11.3 Å². The molecule has 4 rings (SSSR count). The molecular formula is C24H18Cl2N4O5S2. The summed E-state index contributed by atoms with van der Waals surface area (Å²) in [5.74, 6) is 0.515. The molecule has 37 heavy (non-hydrogen) atoms. The fourth-order valence-electron chi connectivity index (χ4n) is 3.07. The highest BCUT2D eigenvalue weighted by molar-refractivity contribution is 8.01. The minimum absolute atomic E-state index is 0.102. The summed E-state index contributed by atoms with van der Waals surface area (Å²) in [5, 5.41) is 16.3. The van der Waals surface area contributed by atoms with E-state index in [2.05, 4.69) is 15.5 Å². The van der Waals surface area contributed by atoms with Crippen LogP contribution in [0.25, 0.3) is 10.2 Å². The van der Waals surface area contributed by atoms with Crippen LogP contribution in [0.15, 0.2) is 68.9 Å². The SMILES string of the molecule is CCOc1ccc2nc(Sc3ccc(/C=N\NC(=O)COc4ccc(Cl)cc4Cl)cc3[N+](=O)[O-])sc2c1. The first-order valence-corrected chi connectivity index (χ1v) is 13.1. The van der Waals surface area contributed by atoms with Gasteiger partial charge in [0.05, 0.1) is 37.9 Å². The number of aromatic nitrogens is 1. The van der Waals surface area contributed by atoms with Crippen molar-refractivity contribution in [2.75, 3.05) is 13.2 Å². The number of rotatable bonds is 10. The zero-order chi connectivity index (χ0) is 26.4. The molecule has 9 nitrogen and oxygen atoms in total. The molecule has 0 radical (unpaired) electrons. The Morgan fingerprint density at radius 1 is 1.19 bits per heavy atom. The minimum atomic E-state index is -0.535. The van der Waals surface area contributed by atoms with Gasteiger partial charge in [-0.3, -0.25) is 14.9 Å². The quantitative estimate of drug-likeness (QED) is 0.128. The van der Waals surface area contributed by atoms with E-state index in [-0.39, 0.29) is 17.3 Å². The van der Waals surface area contributed by atoms with Crippen molar-refractivity contribution >= 4 is 74.3 Å². The maximum atomic E-state index is 12.0. The summed E-state index contributed by atoms with van der Waals surface area (Å²) in [4.78, 5) is 28.2. The average molecular weight is 577 g/mol. The van der Waals surface area contributed by atoms with E-state index in [0.717, 1.165) is 16.0 Å². The van der Waals surface area contributed by atoms with Crippen molar-refractivity contribution in [2.45, 2.75) is 16.2 Å². The Morgan fingerprint density at radius 2 is 2.03 bits per heavy atom. The van der Waals surface area contributed by atoms with Gasteiger partial charge in [-0.05, 0) is 49.4 Å². The molecule has 0 unspecified atom stereocenters. The number of carbonyl (C=O) groups excluding carboxylic acids is 1. The third-order valence-corrected chi connectivity index (χ3v) is 7.36. The lowest BCUT2D eigenvalue weighted by Gasteiger charge is -2.07. The Bertz CT molecular complexity index is 1500. The van der Waals surface area contributed by atoms with Crippen molar-refractivity contribution in [1.29, 1.82) is 0 Å². The van der Waals surface area contributed by atoms with Crippen molar-refractivity contribution in [2.24, 2.45) is 5.10 Å². The fraction of sp³-hybridized carbons (Fsp3) is 0.125. The Morgan fingerprint density at radius 3 is 2.78 bits per heavy atom. The van der Waals surface area contributed by atoms with Gasteiger partial charge in [0.1, 0.15) is 11.5 Å². The number of carbonyl (C=O) groups is 1. The predicted octanol–water partition coefficient (Wildman–Crippen LogP) is 6.59. The number of hydrogen-bond acceptors (Lipinski definition) is 9. The molecule has 0 aliphatic rings. The number of nitro groups is 1. The Hall–Kier alpha value is -3.38. The lowest BCUT2D eigenvalue weighted by atomic mass is 10.2. The topological polar surface area (TPSA) is 116 Å². The maximum Gasteiger partial charge on any atom is 0.283 e. The zero-order valence-electron chi connectivity index (χ0n) is 19.1. The molecule has 3 aromatic carbocycles. The number of fused-ring (bicyclic) bond motifs is 1. The zero-order valence-corrected chi connectivity index (χ0v) is 22.3. The molecule has 0 atom stereocenters. The van der Waals surface area contributed by atoms with Crippen molar-refractivity contribution in [3.63, 3.8) is 0 Å². The number of halogens is 2. The summed E-state index contributed by atoms with van der Waals surface area (Å²) < 4.78 is 12.5. The van der Waals surface area contributed by atoms with Crippen LogP contribution in [-0.2, 0) is 4.79 Å². The second-order valence-corrected chi connectivity index (χ2v) is 10.4. The Labute approximate surface area is 229 Å². The first-order chi connectivity index (χ1) is 17.8. The molecule has 1 heterocycles. The molecule has 13 heteroatoms. The molecule has 4 aromatic rings. The largest absolute Gasteiger partial charge is 0.494 e. The molecule has 0 saturated heterocycles. The molecule has 0 fully saturated rings. The second-order valence-electron chi connectivity index (χ2n) is 7.29. The average Bonchev–Trinajstić information content (AvgIpc) is 3.26. The summed E-state index contributed by atoms with van der Waals surface area (Å²) in [7, 11) is 0. The molecule has 1 aromatic heterocycles. The number of hydrogen-bond donors (Lipinski definition) is 1. The van der Waals surface area contributed by atoms with Gasteiger partial charge in [0.15, 0.2) is 10.9 Å². The summed E-state index contributed by atoms with van der Waals surface area (Å²) in [6, 6.07) is 14.9. The predicted molar refractivity (Wildman–Crippen MR) is 146 cm³/mol. The van der Waals surface area contributed by atoms with E-state index in [1.54, 1.807) is 24.3 Å². The van der Waals surface area contributed by atoms with Crippen LogP contribution >= 0.6 is 46.3 Å². The third kappa shape index (κ3) is 7.10. The number of amides is 1. The molecule has 0 saturated carbocycles. The first kappa shape index (κ1) is 26.7. The van der Waals surface area contributed by atoms with Gasteiger partial charge in [0, 0.05) is 16.7 Å². The number of ether oxygens (including phenoxy) is 2. The minimum Gasteiger partial charge on any atom is -0.494 e. The van der Waals surface area contributed by atoms with Crippen molar-refractivity contribution in [1.82, 2.24) is 10.4 Å². The van der Waals surface area contributed by atoms with Crippen molar-refractivity contribution < 1.29 is 19.2 Å². The highest BCUT2D eigenvalue weighted by atomic mass is 35.5. The molecule has 0 aliphatic carbocycles. The van der Waals surface area contributed by atoms with E-state index in [9.17, 15) is 14.9 Å². The highest BCUT2D eigenvalue weighted by Gasteiger charge is 2.18. The van der Waals surface area contributed by atoms with Gasteiger partial charge in [-0.25, -0.2) is 10.4 Å². The number of nitrogens with zero attached hydrogens (tertiary/aromatic N) is 3. The fourth-order valence-corrected chi connectivity index (χ4v) is 5.67. The highest BCUT2D eigenvalue weighted by Crippen LogP contribution is 2.39. The van der Waals surface area contributed by atoms with E-state index < -0.39 is 10.8 Å². The van der Waals surface area contributed by atoms with E-state index >= 15 is 0 Å².